The zero-order chi connectivity index (χ0) is 11.1. The summed E-state index contributed by atoms with van der Waals surface area (Å²) in [5, 5.41) is 9.03. The molecule has 0 saturated heterocycles. The van der Waals surface area contributed by atoms with Crippen LogP contribution in [-0.2, 0) is 4.79 Å². The molecule has 1 unspecified atom stereocenters. The van der Waals surface area contributed by atoms with Crippen molar-refractivity contribution in [2.45, 2.75) is 64.7 Å². The molecule has 1 saturated carbocycles. The SMILES string of the molecule is CCCC(CCC1CCCCC1)C(=O)O. The molecule has 0 radical (unpaired) electrons. The van der Waals surface area contributed by atoms with Crippen molar-refractivity contribution in [3.05, 3.63) is 0 Å². The summed E-state index contributed by atoms with van der Waals surface area (Å²) in [5.74, 6) is 0.141. The summed E-state index contributed by atoms with van der Waals surface area (Å²) < 4.78 is 0. The van der Waals surface area contributed by atoms with Gasteiger partial charge in [-0.05, 0) is 25.2 Å². The van der Waals surface area contributed by atoms with E-state index in [0.717, 1.165) is 31.6 Å². The number of hydrogen-bond donors (Lipinski definition) is 1. The highest BCUT2D eigenvalue weighted by Gasteiger charge is 2.19. The summed E-state index contributed by atoms with van der Waals surface area (Å²) in [7, 11) is 0. The number of carboxylic acids is 1. The topological polar surface area (TPSA) is 37.3 Å². The number of rotatable bonds is 6. The van der Waals surface area contributed by atoms with Crippen LogP contribution in [0.1, 0.15) is 64.7 Å². The molecular weight excluding hydrogens is 188 g/mol. The zero-order valence-electron chi connectivity index (χ0n) is 9.87. The molecule has 2 nitrogen and oxygen atoms in total. The van der Waals surface area contributed by atoms with Crippen molar-refractivity contribution >= 4 is 5.97 Å². The highest BCUT2D eigenvalue weighted by atomic mass is 16.4. The third-order valence-electron chi connectivity index (χ3n) is 3.63. The van der Waals surface area contributed by atoms with E-state index in [1.54, 1.807) is 0 Å². The first kappa shape index (κ1) is 12.5. The van der Waals surface area contributed by atoms with E-state index in [1.165, 1.54) is 32.1 Å². The van der Waals surface area contributed by atoms with E-state index in [0.29, 0.717) is 0 Å². The summed E-state index contributed by atoms with van der Waals surface area (Å²) in [6, 6.07) is 0. The highest BCUT2D eigenvalue weighted by Crippen LogP contribution is 2.29. The first-order chi connectivity index (χ1) is 7.24. The summed E-state index contributed by atoms with van der Waals surface area (Å²) in [6.07, 6.45) is 10.6. The number of carboxylic acid groups (broad SMARTS) is 1. The average molecular weight is 212 g/mol. The minimum Gasteiger partial charge on any atom is -0.481 e. The lowest BCUT2D eigenvalue weighted by Gasteiger charge is -2.22. The molecule has 0 amide bonds. The van der Waals surface area contributed by atoms with E-state index in [2.05, 4.69) is 6.92 Å². The minimum absolute atomic E-state index is 0.0862. The summed E-state index contributed by atoms with van der Waals surface area (Å²) in [5.41, 5.74) is 0. The van der Waals surface area contributed by atoms with Gasteiger partial charge in [-0.1, -0.05) is 45.4 Å². The number of hydrogen-bond acceptors (Lipinski definition) is 1. The third-order valence-corrected chi connectivity index (χ3v) is 3.63. The Kier molecular flexibility index (Phi) is 5.74. The van der Waals surface area contributed by atoms with E-state index in [-0.39, 0.29) is 5.92 Å². The van der Waals surface area contributed by atoms with Crippen molar-refractivity contribution in [3.8, 4) is 0 Å². The number of aliphatic carboxylic acids is 1. The van der Waals surface area contributed by atoms with E-state index < -0.39 is 5.97 Å². The predicted octanol–water partition coefficient (Wildman–Crippen LogP) is 3.85. The molecule has 1 atom stereocenters. The van der Waals surface area contributed by atoms with Gasteiger partial charge in [0, 0.05) is 0 Å². The molecule has 1 rings (SSSR count). The van der Waals surface area contributed by atoms with Crippen LogP contribution in [0.15, 0.2) is 0 Å². The molecule has 0 bridgehead atoms. The van der Waals surface area contributed by atoms with E-state index in [1.807, 2.05) is 0 Å². The van der Waals surface area contributed by atoms with Gasteiger partial charge in [0.1, 0.15) is 0 Å². The molecule has 1 N–H and O–H groups in total. The largest absolute Gasteiger partial charge is 0.481 e. The molecule has 0 aromatic carbocycles. The Balaban J connectivity index is 2.22. The molecule has 1 aliphatic carbocycles. The lowest BCUT2D eigenvalue weighted by atomic mass is 9.83. The highest BCUT2D eigenvalue weighted by molar-refractivity contribution is 5.69. The van der Waals surface area contributed by atoms with Crippen LogP contribution in [0.25, 0.3) is 0 Å². The molecule has 0 aromatic heterocycles. The van der Waals surface area contributed by atoms with Gasteiger partial charge in [0.05, 0.1) is 5.92 Å². The van der Waals surface area contributed by atoms with Crippen LogP contribution in [0.2, 0.25) is 0 Å². The molecule has 0 aliphatic heterocycles. The zero-order valence-corrected chi connectivity index (χ0v) is 9.87. The quantitative estimate of drug-likeness (QED) is 0.726. The van der Waals surface area contributed by atoms with Crippen molar-refractivity contribution < 1.29 is 9.90 Å². The van der Waals surface area contributed by atoms with Crippen LogP contribution in [-0.4, -0.2) is 11.1 Å². The number of carbonyl (C=O) groups is 1. The van der Waals surface area contributed by atoms with Crippen LogP contribution in [0.5, 0.6) is 0 Å². The van der Waals surface area contributed by atoms with Gasteiger partial charge >= 0.3 is 5.97 Å². The predicted molar refractivity (Wildman–Crippen MR) is 61.8 cm³/mol. The Morgan fingerprint density at radius 1 is 1.27 bits per heavy atom. The van der Waals surface area contributed by atoms with Crippen LogP contribution >= 0.6 is 0 Å². The molecule has 1 fully saturated rings. The maximum absolute atomic E-state index is 11.0. The Morgan fingerprint density at radius 2 is 1.93 bits per heavy atom. The minimum atomic E-state index is -0.590. The molecule has 2 heteroatoms. The van der Waals surface area contributed by atoms with Gasteiger partial charge in [0.2, 0.25) is 0 Å². The molecule has 0 spiro atoms. The first-order valence-corrected chi connectivity index (χ1v) is 6.46. The first-order valence-electron chi connectivity index (χ1n) is 6.46. The molecule has 0 aromatic rings. The van der Waals surface area contributed by atoms with Crippen molar-refractivity contribution in [1.82, 2.24) is 0 Å². The summed E-state index contributed by atoms with van der Waals surface area (Å²) in [6.45, 7) is 2.07. The molecule has 1 aliphatic rings. The smallest absolute Gasteiger partial charge is 0.306 e. The maximum Gasteiger partial charge on any atom is 0.306 e. The second-order valence-electron chi connectivity index (χ2n) is 4.91. The fourth-order valence-electron chi connectivity index (χ4n) is 2.65. The molecule has 0 heterocycles. The van der Waals surface area contributed by atoms with Crippen LogP contribution < -0.4 is 0 Å². The second kappa shape index (κ2) is 6.86. The monoisotopic (exact) mass is 212 g/mol. The second-order valence-corrected chi connectivity index (χ2v) is 4.91. The van der Waals surface area contributed by atoms with Crippen molar-refractivity contribution in [1.29, 1.82) is 0 Å². The molecule has 15 heavy (non-hydrogen) atoms. The summed E-state index contributed by atoms with van der Waals surface area (Å²) >= 11 is 0. The summed E-state index contributed by atoms with van der Waals surface area (Å²) in [4.78, 5) is 11.0. The Hall–Kier alpha value is -0.530. The van der Waals surface area contributed by atoms with Crippen LogP contribution in [0.3, 0.4) is 0 Å². The lowest BCUT2D eigenvalue weighted by molar-refractivity contribution is -0.142. The lowest BCUT2D eigenvalue weighted by Crippen LogP contribution is -2.16. The maximum atomic E-state index is 11.0. The van der Waals surface area contributed by atoms with E-state index in [4.69, 9.17) is 5.11 Å². The Labute approximate surface area is 93.1 Å². The average Bonchev–Trinajstić information content (AvgIpc) is 2.25. The van der Waals surface area contributed by atoms with Gasteiger partial charge in [-0.25, -0.2) is 0 Å². The van der Waals surface area contributed by atoms with Gasteiger partial charge in [-0.15, -0.1) is 0 Å². The van der Waals surface area contributed by atoms with Crippen molar-refractivity contribution in [2.24, 2.45) is 11.8 Å². The van der Waals surface area contributed by atoms with E-state index >= 15 is 0 Å². The Morgan fingerprint density at radius 3 is 2.47 bits per heavy atom. The van der Waals surface area contributed by atoms with Gasteiger partial charge in [-0.2, -0.15) is 0 Å². The fourth-order valence-corrected chi connectivity index (χ4v) is 2.65. The molecule has 88 valence electrons. The van der Waals surface area contributed by atoms with Gasteiger partial charge in [0.15, 0.2) is 0 Å². The van der Waals surface area contributed by atoms with Crippen LogP contribution in [0, 0.1) is 11.8 Å². The fraction of sp³-hybridized carbons (Fsp3) is 0.923. The third kappa shape index (κ3) is 4.67. The normalized spacial score (nSPS) is 20.1. The Bertz CT molecular complexity index is 183. The van der Waals surface area contributed by atoms with Gasteiger partial charge < -0.3 is 5.11 Å². The molecular formula is C13H24O2. The van der Waals surface area contributed by atoms with E-state index in [9.17, 15) is 4.79 Å². The standard InChI is InChI=1S/C13H24O2/c1-2-6-12(13(14)15)10-9-11-7-4-3-5-8-11/h11-12H,2-10H2,1H3,(H,14,15). The van der Waals surface area contributed by atoms with Crippen LogP contribution in [0.4, 0.5) is 0 Å². The van der Waals surface area contributed by atoms with Crippen molar-refractivity contribution in [3.63, 3.8) is 0 Å². The van der Waals surface area contributed by atoms with Gasteiger partial charge in [-0.3, -0.25) is 4.79 Å². The van der Waals surface area contributed by atoms with Gasteiger partial charge in [0.25, 0.3) is 0 Å². The van der Waals surface area contributed by atoms with Crippen molar-refractivity contribution in [2.75, 3.05) is 0 Å².